The molecule has 25 heavy (non-hydrogen) atoms. The summed E-state index contributed by atoms with van der Waals surface area (Å²) in [5.74, 6) is -0.690. The third-order valence-electron chi connectivity index (χ3n) is 4.08. The van der Waals surface area contributed by atoms with Crippen LogP contribution in [0.3, 0.4) is 0 Å². The molecule has 1 fully saturated rings. The average Bonchev–Trinajstić information content (AvgIpc) is 2.94. The molecule has 8 nitrogen and oxygen atoms in total. The molecule has 3 N–H and O–H groups in total. The number of morpholine rings is 1. The van der Waals surface area contributed by atoms with Crippen molar-refractivity contribution in [2.24, 2.45) is 0 Å². The molecule has 0 bridgehead atoms. The van der Waals surface area contributed by atoms with E-state index in [-0.39, 0.29) is 25.5 Å². The topological polar surface area (TPSA) is 104 Å². The zero-order chi connectivity index (χ0) is 18.2. The molecular weight excluding hydrogens is 326 g/mol. The number of esters is 1. The molecule has 1 aliphatic heterocycles. The predicted molar refractivity (Wildman–Crippen MR) is 91.5 cm³/mol. The Morgan fingerprint density at radius 3 is 2.84 bits per heavy atom. The molecule has 0 unspecified atom stereocenters. The highest BCUT2D eigenvalue weighted by Gasteiger charge is 2.20. The lowest BCUT2D eigenvalue weighted by atomic mass is 10.1. The first-order valence-electron chi connectivity index (χ1n) is 8.60. The SMILES string of the molecule is CCOC(=O)c1c(C)c[nH]c1CC(=O)NC[C@@H](O)CN1CCOCC1. The number of aliphatic hydroxyl groups excluding tert-OH is 1. The third-order valence-corrected chi connectivity index (χ3v) is 4.08. The Labute approximate surface area is 147 Å². The summed E-state index contributed by atoms with van der Waals surface area (Å²) in [4.78, 5) is 29.2. The number of hydrogen-bond acceptors (Lipinski definition) is 6. The van der Waals surface area contributed by atoms with Crippen LogP contribution < -0.4 is 5.32 Å². The average molecular weight is 353 g/mol. The maximum atomic E-state index is 12.1. The molecule has 1 aromatic rings. The fourth-order valence-corrected chi connectivity index (χ4v) is 2.81. The lowest BCUT2D eigenvalue weighted by Crippen LogP contribution is -2.44. The van der Waals surface area contributed by atoms with Gasteiger partial charge in [0.25, 0.3) is 0 Å². The van der Waals surface area contributed by atoms with E-state index < -0.39 is 12.1 Å². The Morgan fingerprint density at radius 1 is 1.44 bits per heavy atom. The summed E-state index contributed by atoms with van der Waals surface area (Å²) in [6, 6.07) is 0. The Hall–Kier alpha value is -1.90. The lowest BCUT2D eigenvalue weighted by molar-refractivity contribution is -0.121. The second-order valence-electron chi connectivity index (χ2n) is 6.09. The molecule has 8 heteroatoms. The summed E-state index contributed by atoms with van der Waals surface area (Å²) in [6.07, 6.45) is 1.07. The smallest absolute Gasteiger partial charge is 0.340 e. The van der Waals surface area contributed by atoms with Crippen LogP contribution in [-0.4, -0.2) is 79.0 Å². The molecule has 0 radical (unpaired) electrons. The third kappa shape index (κ3) is 5.84. The van der Waals surface area contributed by atoms with E-state index in [1.54, 1.807) is 20.0 Å². The van der Waals surface area contributed by atoms with Crippen LogP contribution in [0.1, 0.15) is 28.5 Å². The number of β-amino-alcohol motifs (C(OH)–C–C–N with tert-alkyl or cyclic N) is 1. The highest BCUT2D eigenvalue weighted by molar-refractivity contribution is 5.94. The molecule has 1 aromatic heterocycles. The van der Waals surface area contributed by atoms with E-state index in [0.29, 0.717) is 31.0 Å². The van der Waals surface area contributed by atoms with E-state index in [1.165, 1.54) is 0 Å². The Kier molecular flexibility index (Phi) is 7.42. The normalized spacial score (nSPS) is 16.4. The molecule has 1 amide bonds. The lowest BCUT2D eigenvalue weighted by Gasteiger charge is -2.28. The molecule has 2 rings (SSSR count). The number of carbonyl (C=O) groups is 2. The number of carbonyl (C=O) groups excluding carboxylic acids is 2. The number of nitrogens with one attached hydrogen (secondary N) is 2. The standard InChI is InChI=1S/C17H27N3O5/c1-3-25-17(23)16-12(2)9-18-14(16)8-15(22)19-10-13(21)11-20-4-6-24-7-5-20/h9,13,18,21H,3-8,10-11H2,1-2H3,(H,19,22)/t13-/m1/s1. The van der Waals surface area contributed by atoms with Crippen molar-refractivity contribution in [2.75, 3.05) is 46.0 Å². The first-order chi connectivity index (χ1) is 12.0. The zero-order valence-electron chi connectivity index (χ0n) is 14.8. The van der Waals surface area contributed by atoms with Gasteiger partial charge in [0.15, 0.2) is 0 Å². The van der Waals surface area contributed by atoms with Crippen LogP contribution in [0.4, 0.5) is 0 Å². The molecule has 1 atom stereocenters. The van der Waals surface area contributed by atoms with Crippen molar-refractivity contribution in [2.45, 2.75) is 26.4 Å². The van der Waals surface area contributed by atoms with E-state index in [0.717, 1.165) is 18.7 Å². The second-order valence-corrected chi connectivity index (χ2v) is 6.09. The fourth-order valence-electron chi connectivity index (χ4n) is 2.81. The van der Waals surface area contributed by atoms with Gasteiger partial charge in [0, 0.05) is 38.1 Å². The van der Waals surface area contributed by atoms with E-state index in [2.05, 4.69) is 15.2 Å². The van der Waals surface area contributed by atoms with E-state index in [4.69, 9.17) is 9.47 Å². The van der Waals surface area contributed by atoms with Crippen molar-refractivity contribution in [3.05, 3.63) is 23.0 Å². The molecule has 2 heterocycles. The molecular formula is C17H27N3O5. The molecule has 140 valence electrons. The molecule has 1 saturated heterocycles. The van der Waals surface area contributed by atoms with Gasteiger partial charge in [-0.25, -0.2) is 4.79 Å². The number of nitrogens with zero attached hydrogens (tertiary/aromatic N) is 1. The molecule has 0 saturated carbocycles. The second kappa shape index (κ2) is 9.55. The van der Waals surface area contributed by atoms with Gasteiger partial charge in [-0.2, -0.15) is 0 Å². The molecule has 0 aromatic carbocycles. The van der Waals surface area contributed by atoms with E-state index >= 15 is 0 Å². The Bertz CT molecular complexity index is 581. The van der Waals surface area contributed by atoms with E-state index in [9.17, 15) is 14.7 Å². The number of H-pyrrole nitrogens is 1. The van der Waals surface area contributed by atoms with Gasteiger partial charge in [0.2, 0.25) is 5.91 Å². The predicted octanol–water partition coefficient (Wildman–Crippen LogP) is -0.148. The number of aliphatic hydroxyl groups is 1. The number of ether oxygens (including phenoxy) is 2. The van der Waals surface area contributed by atoms with Crippen LogP contribution in [0.25, 0.3) is 0 Å². The summed E-state index contributed by atoms with van der Waals surface area (Å²) in [5, 5.41) is 12.8. The van der Waals surface area contributed by atoms with Gasteiger partial charge < -0.3 is 24.9 Å². The van der Waals surface area contributed by atoms with Gasteiger partial charge in [0.1, 0.15) is 0 Å². The number of rotatable bonds is 8. The van der Waals surface area contributed by atoms with Crippen LogP contribution >= 0.6 is 0 Å². The van der Waals surface area contributed by atoms with Crippen molar-refractivity contribution in [3.63, 3.8) is 0 Å². The maximum absolute atomic E-state index is 12.1. The molecule has 0 spiro atoms. The zero-order valence-corrected chi connectivity index (χ0v) is 14.8. The fraction of sp³-hybridized carbons (Fsp3) is 0.647. The van der Waals surface area contributed by atoms with Crippen molar-refractivity contribution < 1.29 is 24.2 Å². The highest BCUT2D eigenvalue weighted by atomic mass is 16.5. The van der Waals surface area contributed by atoms with Gasteiger partial charge >= 0.3 is 5.97 Å². The largest absolute Gasteiger partial charge is 0.462 e. The summed E-state index contributed by atoms with van der Waals surface area (Å²) < 4.78 is 10.3. The number of aromatic nitrogens is 1. The number of amides is 1. The minimum Gasteiger partial charge on any atom is -0.462 e. The van der Waals surface area contributed by atoms with Crippen molar-refractivity contribution in [1.29, 1.82) is 0 Å². The monoisotopic (exact) mass is 353 g/mol. The first kappa shape index (κ1) is 19.4. The van der Waals surface area contributed by atoms with Crippen LogP contribution in [0.5, 0.6) is 0 Å². The van der Waals surface area contributed by atoms with Gasteiger partial charge in [0.05, 0.1) is 37.9 Å². The summed E-state index contributed by atoms with van der Waals surface area (Å²) in [7, 11) is 0. The minimum atomic E-state index is -0.642. The van der Waals surface area contributed by atoms with Crippen LogP contribution in [0.2, 0.25) is 0 Å². The van der Waals surface area contributed by atoms with Gasteiger partial charge in [-0.1, -0.05) is 0 Å². The van der Waals surface area contributed by atoms with Crippen molar-refractivity contribution in [1.82, 2.24) is 15.2 Å². The maximum Gasteiger partial charge on any atom is 0.340 e. The number of aryl methyl sites for hydroxylation is 1. The quantitative estimate of drug-likeness (QED) is 0.562. The van der Waals surface area contributed by atoms with Gasteiger partial charge in [-0.15, -0.1) is 0 Å². The molecule has 0 aliphatic carbocycles. The molecule has 1 aliphatic rings. The number of aromatic amines is 1. The minimum absolute atomic E-state index is 0.0340. The van der Waals surface area contributed by atoms with Crippen molar-refractivity contribution >= 4 is 11.9 Å². The van der Waals surface area contributed by atoms with Crippen LogP contribution in [0.15, 0.2) is 6.20 Å². The Balaban J connectivity index is 1.81. The van der Waals surface area contributed by atoms with Crippen LogP contribution in [0, 0.1) is 6.92 Å². The van der Waals surface area contributed by atoms with Gasteiger partial charge in [-0.3, -0.25) is 9.69 Å². The summed E-state index contributed by atoms with van der Waals surface area (Å²) in [6.45, 7) is 7.39. The highest BCUT2D eigenvalue weighted by Crippen LogP contribution is 2.15. The van der Waals surface area contributed by atoms with Gasteiger partial charge in [-0.05, 0) is 19.4 Å². The van der Waals surface area contributed by atoms with E-state index in [1.807, 2.05) is 0 Å². The number of hydrogen-bond donors (Lipinski definition) is 3. The summed E-state index contributed by atoms with van der Waals surface area (Å²) in [5.41, 5.74) is 1.68. The first-order valence-corrected chi connectivity index (χ1v) is 8.60. The van der Waals surface area contributed by atoms with Crippen LogP contribution in [-0.2, 0) is 20.7 Å². The Morgan fingerprint density at radius 2 is 2.16 bits per heavy atom. The van der Waals surface area contributed by atoms with Crippen molar-refractivity contribution in [3.8, 4) is 0 Å². The summed E-state index contributed by atoms with van der Waals surface area (Å²) >= 11 is 0.